The molecule has 3 aliphatic heterocycles. The number of nitrogens with zero attached hydrogens (tertiary/aromatic N) is 4. The van der Waals surface area contributed by atoms with Crippen molar-refractivity contribution in [2.24, 2.45) is 5.92 Å². The Kier molecular flexibility index (Phi) is 10.2. The lowest BCUT2D eigenvalue weighted by Crippen LogP contribution is -2.52. The molecule has 3 N–H and O–H groups in total. The van der Waals surface area contributed by atoms with Crippen LogP contribution in [0.25, 0.3) is 33.6 Å². The summed E-state index contributed by atoms with van der Waals surface area (Å²) in [5.74, 6) is 0.0194. The number of aromatic nitrogens is 4. The van der Waals surface area contributed by atoms with E-state index in [4.69, 9.17) is 23.9 Å². The van der Waals surface area contributed by atoms with Crippen LogP contribution in [-0.4, -0.2) is 98.7 Å². The molecule has 0 radical (unpaired) electrons. The SMILES string of the molecule is COC(=O)N[C@H](C(=O)N1CC2(C[C@H]1c1ncc(-c3ccc(-c4ccc(-c5cnc(C6CCCN6C(=O)OC(C)(C)C)[nH]5)cc4)cc3)[nH]1)OCCO2)C(C)C. The molecular formula is C40H49N7O7. The average Bonchev–Trinajstić information content (AvgIpc) is 4.00. The Morgan fingerprint density at radius 2 is 1.39 bits per heavy atom. The van der Waals surface area contributed by atoms with Gasteiger partial charge < -0.3 is 39.1 Å². The van der Waals surface area contributed by atoms with Crippen molar-refractivity contribution < 1.29 is 33.3 Å². The zero-order valence-corrected chi connectivity index (χ0v) is 31.7. The lowest BCUT2D eigenvalue weighted by Gasteiger charge is -2.30. The van der Waals surface area contributed by atoms with Crippen LogP contribution in [0.1, 0.15) is 77.6 Å². The van der Waals surface area contributed by atoms with Gasteiger partial charge in [-0.15, -0.1) is 0 Å². The summed E-state index contributed by atoms with van der Waals surface area (Å²) >= 11 is 0. The third-order valence-electron chi connectivity index (χ3n) is 10.2. The van der Waals surface area contributed by atoms with Crippen LogP contribution in [0.5, 0.6) is 0 Å². The van der Waals surface area contributed by atoms with Crippen LogP contribution >= 0.6 is 0 Å². The normalized spacial score (nSPS) is 20.1. The zero-order chi connectivity index (χ0) is 38.2. The molecule has 3 aliphatic rings. The topological polar surface area (TPSA) is 164 Å². The highest BCUT2D eigenvalue weighted by atomic mass is 16.7. The molecule has 14 nitrogen and oxygen atoms in total. The van der Waals surface area contributed by atoms with Crippen LogP contribution in [0, 0.1) is 5.92 Å². The molecule has 0 saturated carbocycles. The molecule has 54 heavy (non-hydrogen) atoms. The van der Waals surface area contributed by atoms with Gasteiger partial charge in [0.1, 0.15) is 23.3 Å². The summed E-state index contributed by atoms with van der Waals surface area (Å²) in [6.07, 6.45) is 4.76. The van der Waals surface area contributed by atoms with Gasteiger partial charge in [-0.3, -0.25) is 9.69 Å². The number of imidazole rings is 2. The van der Waals surface area contributed by atoms with Gasteiger partial charge in [0.2, 0.25) is 5.91 Å². The number of methoxy groups -OCH3 is 1. The van der Waals surface area contributed by atoms with E-state index in [0.717, 1.165) is 52.3 Å². The van der Waals surface area contributed by atoms with Crippen molar-refractivity contribution in [3.8, 4) is 33.6 Å². The van der Waals surface area contributed by atoms with Gasteiger partial charge in [-0.05, 0) is 61.8 Å². The molecule has 3 amide bonds. The second-order valence-electron chi connectivity index (χ2n) is 15.5. The Morgan fingerprint density at radius 1 is 0.852 bits per heavy atom. The van der Waals surface area contributed by atoms with Crippen molar-refractivity contribution in [3.05, 3.63) is 72.6 Å². The molecule has 1 spiro atoms. The molecule has 3 saturated heterocycles. The van der Waals surface area contributed by atoms with E-state index in [1.165, 1.54) is 7.11 Å². The van der Waals surface area contributed by atoms with Crippen LogP contribution in [0.15, 0.2) is 60.9 Å². The number of nitrogens with one attached hydrogen (secondary N) is 3. The standard InChI is InChI=1S/C40H49N7O7/c1-24(2)33(45-37(49)51-6)36(48)47-23-40(52-18-19-53-40)20-32(47)35-42-22-30(44-35)28-15-11-26(12-16-28)25-9-13-27(14-10-25)29-21-41-34(43-29)31-8-7-17-46(31)38(50)54-39(3,4)5/h9-16,21-22,24,31-33H,7-8,17-20,23H2,1-6H3,(H,41,43)(H,42,44)(H,45,49)/t31?,32-,33-/m0/s1. The summed E-state index contributed by atoms with van der Waals surface area (Å²) in [5, 5.41) is 2.69. The first-order valence-corrected chi connectivity index (χ1v) is 18.6. The average molecular weight is 740 g/mol. The number of H-pyrrole nitrogens is 2. The summed E-state index contributed by atoms with van der Waals surface area (Å²) in [4.78, 5) is 58.5. The first-order valence-electron chi connectivity index (χ1n) is 18.6. The molecule has 2 aromatic carbocycles. The van der Waals surface area contributed by atoms with Crippen LogP contribution in [0.3, 0.4) is 0 Å². The fourth-order valence-corrected chi connectivity index (χ4v) is 7.48. The highest BCUT2D eigenvalue weighted by molar-refractivity contribution is 5.86. The Bertz CT molecular complexity index is 1960. The maximum Gasteiger partial charge on any atom is 0.410 e. The van der Waals surface area contributed by atoms with Gasteiger partial charge in [-0.1, -0.05) is 62.4 Å². The summed E-state index contributed by atoms with van der Waals surface area (Å²) in [6.45, 7) is 11.1. The minimum atomic E-state index is -0.921. The maximum absolute atomic E-state index is 13.9. The smallest absolute Gasteiger partial charge is 0.410 e. The molecule has 7 rings (SSSR count). The van der Waals surface area contributed by atoms with E-state index in [1.54, 1.807) is 16.0 Å². The minimum absolute atomic E-state index is 0.142. The van der Waals surface area contributed by atoms with E-state index < -0.39 is 29.6 Å². The number of hydrogen-bond acceptors (Lipinski definition) is 9. The Balaban J connectivity index is 1.04. The van der Waals surface area contributed by atoms with Crippen LogP contribution < -0.4 is 5.32 Å². The predicted molar refractivity (Wildman–Crippen MR) is 200 cm³/mol. The largest absolute Gasteiger partial charge is 0.453 e. The lowest BCUT2D eigenvalue weighted by atomic mass is 10.0. The molecule has 1 unspecified atom stereocenters. The van der Waals surface area contributed by atoms with Crippen molar-refractivity contribution in [1.29, 1.82) is 0 Å². The molecule has 286 valence electrons. The molecule has 0 aliphatic carbocycles. The van der Waals surface area contributed by atoms with Gasteiger partial charge in [0.05, 0.1) is 62.7 Å². The van der Waals surface area contributed by atoms with Crippen molar-refractivity contribution in [3.63, 3.8) is 0 Å². The molecule has 0 bridgehead atoms. The third-order valence-corrected chi connectivity index (χ3v) is 10.2. The van der Waals surface area contributed by atoms with E-state index in [-0.39, 0.29) is 30.5 Å². The van der Waals surface area contributed by atoms with Gasteiger partial charge in [0.25, 0.3) is 0 Å². The van der Waals surface area contributed by atoms with E-state index in [1.807, 2.05) is 52.9 Å². The van der Waals surface area contributed by atoms with Crippen molar-refractivity contribution in [1.82, 2.24) is 35.1 Å². The summed E-state index contributed by atoms with van der Waals surface area (Å²) in [5.41, 5.74) is 5.19. The lowest BCUT2D eigenvalue weighted by molar-refractivity contribution is -0.153. The molecule has 14 heteroatoms. The molecule has 4 aromatic rings. The van der Waals surface area contributed by atoms with E-state index in [0.29, 0.717) is 32.0 Å². The second-order valence-corrected chi connectivity index (χ2v) is 15.5. The highest BCUT2D eigenvalue weighted by Gasteiger charge is 2.52. The number of amides is 3. The van der Waals surface area contributed by atoms with Crippen molar-refractivity contribution in [2.75, 3.05) is 33.4 Å². The zero-order valence-electron chi connectivity index (χ0n) is 31.7. The van der Waals surface area contributed by atoms with Crippen molar-refractivity contribution in [2.45, 2.75) is 83.4 Å². The number of benzene rings is 2. The Hall–Kier alpha value is -5.21. The monoisotopic (exact) mass is 739 g/mol. The minimum Gasteiger partial charge on any atom is -0.453 e. The fraction of sp³-hybridized carbons (Fsp3) is 0.475. The van der Waals surface area contributed by atoms with Gasteiger partial charge in [-0.25, -0.2) is 19.6 Å². The predicted octanol–water partition coefficient (Wildman–Crippen LogP) is 6.60. The number of aromatic amines is 2. The Morgan fingerprint density at radius 3 is 1.91 bits per heavy atom. The van der Waals surface area contributed by atoms with Gasteiger partial charge in [-0.2, -0.15) is 0 Å². The number of ether oxygens (including phenoxy) is 4. The second kappa shape index (κ2) is 14.9. The summed E-state index contributed by atoms with van der Waals surface area (Å²) in [7, 11) is 1.27. The number of likely N-dealkylation sites (tertiary alicyclic amines) is 2. The summed E-state index contributed by atoms with van der Waals surface area (Å²) in [6, 6.07) is 15.1. The van der Waals surface area contributed by atoms with E-state index >= 15 is 0 Å². The number of carbonyl (C=O) groups excluding carboxylic acids is 3. The quantitative estimate of drug-likeness (QED) is 0.181. The number of carbonyl (C=O) groups is 3. The molecule has 5 heterocycles. The molecule has 3 atom stereocenters. The fourth-order valence-electron chi connectivity index (χ4n) is 7.48. The first kappa shape index (κ1) is 37.1. The van der Waals surface area contributed by atoms with E-state index in [2.05, 4.69) is 56.7 Å². The Labute approximate surface area is 314 Å². The third kappa shape index (κ3) is 7.71. The highest BCUT2D eigenvalue weighted by Crippen LogP contribution is 2.43. The summed E-state index contributed by atoms with van der Waals surface area (Å²) < 4.78 is 22.4. The molecule has 3 fully saturated rings. The number of hydrogen-bond donors (Lipinski definition) is 3. The van der Waals surface area contributed by atoms with Gasteiger partial charge >= 0.3 is 12.2 Å². The number of rotatable bonds is 8. The molecule has 2 aromatic heterocycles. The molecular weight excluding hydrogens is 690 g/mol. The van der Waals surface area contributed by atoms with Crippen molar-refractivity contribution >= 4 is 18.1 Å². The van der Waals surface area contributed by atoms with Crippen LogP contribution in [0.4, 0.5) is 9.59 Å². The van der Waals surface area contributed by atoms with E-state index in [9.17, 15) is 14.4 Å². The number of alkyl carbamates (subject to hydrolysis) is 1. The van der Waals surface area contributed by atoms with Gasteiger partial charge in [0, 0.05) is 13.0 Å². The van der Waals surface area contributed by atoms with Gasteiger partial charge in [0.15, 0.2) is 5.79 Å². The maximum atomic E-state index is 13.9. The first-order chi connectivity index (χ1) is 25.8. The van der Waals surface area contributed by atoms with Crippen LogP contribution in [-0.2, 0) is 23.7 Å². The van der Waals surface area contributed by atoms with Crippen LogP contribution in [0.2, 0.25) is 0 Å².